The van der Waals surface area contributed by atoms with Gasteiger partial charge in [-0.1, -0.05) is 0 Å². The number of quaternary nitrogens is 1. The maximum atomic E-state index is 9.57. The standard InChI is InChI=1S/C12H15NO2/c14-11-7-9-3-6-13(4-1-2-5-13)10(9)8-12(11)15/h7-8H,1-6H2,(H-,14,15)/p+1. The zero-order valence-electron chi connectivity index (χ0n) is 8.74. The first-order chi connectivity index (χ1) is 7.21. The number of phenols is 2. The first-order valence-corrected chi connectivity index (χ1v) is 5.63. The van der Waals surface area contributed by atoms with Crippen LogP contribution in [0.3, 0.4) is 0 Å². The van der Waals surface area contributed by atoms with Crippen molar-refractivity contribution in [2.75, 3.05) is 19.6 Å². The van der Waals surface area contributed by atoms with Gasteiger partial charge in [0.15, 0.2) is 11.5 Å². The second kappa shape index (κ2) is 2.89. The van der Waals surface area contributed by atoms with Crippen molar-refractivity contribution in [1.29, 1.82) is 0 Å². The number of fused-ring (bicyclic) bond motifs is 2. The average Bonchev–Trinajstić information content (AvgIpc) is 2.80. The molecule has 3 rings (SSSR count). The van der Waals surface area contributed by atoms with Crippen LogP contribution in [0.25, 0.3) is 0 Å². The van der Waals surface area contributed by atoms with Gasteiger partial charge in [0, 0.05) is 30.9 Å². The first kappa shape index (κ1) is 9.04. The maximum Gasteiger partial charge on any atom is 0.163 e. The molecule has 1 fully saturated rings. The minimum Gasteiger partial charge on any atom is -0.504 e. The van der Waals surface area contributed by atoms with Crippen LogP contribution in [-0.2, 0) is 6.42 Å². The van der Waals surface area contributed by atoms with Crippen LogP contribution in [0, 0.1) is 0 Å². The second-order valence-corrected chi connectivity index (χ2v) is 4.74. The molecule has 2 N–H and O–H groups in total. The molecule has 15 heavy (non-hydrogen) atoms. The summed E-state index contributed by atoms with van der Waals surface area (Å²) in [5, 5.41) is 19.0. The molecule has 0 amide bonds. The van der Waals surface area contributed by atoms with Gasteiger partial charge < -0.3 is 10.2 Å². The van der Waals surface area contributed by atoms with E-state index < -0.39 is 0 Å². The van der Waals surface area contributed by atoms with E-state index >= 15 is 0 Å². The molecule has 2 aliphatic heterocycles. The molecule has 0 aliphatic carbocycles. The fraction of sp³-hybridized carbons (Fsp3) is 0.500. The van der Waals surface area contributed by atoms with Crippen molar-refractivity contribution in [3.8, 4) is 11.5 Å². The third-order valence-electron chi connectivity index (χ3n) is 3.92. The monoisotopic (exact) mass is 206 g/mol. The summed E-state index contributed by atoms with van der Waals surface area (Å²) >= 11 is 0. The first-order valence-electron chi connectivity index (χ1n) is 5.63. The highest BCUT2D eigenvalue weighted by Crippen LogP contribution is 2.43. The van der Waals surface area contributed by atoms with Gasteiger partial charge in [-0.15, -0.1) is 0 Å². The Balaban J connectivity index is 2.13. The van der Waals surface area contributed by atoms with E-state index in [-0.39, 0.29) is 11.5 Å². The Morgan fingerprint density at radius 2 is 1.60 bits per heavy atom. The number of rotatable bonds is 0. The van der Waals surface area contributed by atoms with Gasteiger partial charge in [-0.3, -0.25) is 4.48 Å². The highest BCUT2D eigenvalue weighted by molar-refractivity contribution is 5.62. The SMILES string of the molecule is Oc1cc2c(cc1O)[N+]1(CCCC1)CC2. The fourth-order valence-corrected chi connectivity index (χ4v) is 3.11. The molecule has 0 bridgehead atoms. The molecule has 2 aliphatic rings. The van der Waals surface area contributed by atoms with Crippen LogP contribution in [0.1, 0.15) is 18.4 Å². The molecule has 3 nitrogen and oxygen atoms in total. The van der Waals surface area contributed by atoms with Crippen molar-refractivity contribution in [3.63, 3.8) is 0 Å². The second-order valence-electron chi connectivity index (χ2n) is 4.74. The molecular weight excluding hydrogens is 190 g/mol. The van der Waals surface area contributed by atoms with Gasteiger partial charge >= 0.3 is 0 Å². The number of nitrogens with zero attached hydrogens (tertiary/aromatic N) is 1. The van der Waals surface area contributed by atoms with Crippen LogP contribution in [0.5, 0.6) is 11.5 Å². The Morgan fingerprint density at radius 1 is 0.933 bits per heavy atom. The number of hydrogen-bond donors (Lipinski definition) is 2. The largest absolute Gasteiger partial charge is 0.504 e. The van der Waals surface area contributed by atoms with Gasteiger partial charge in [-0.2, -0.15) is 0 Å². The molecule has 1 saturated heterocycles. The molecule has 0 aromatic heterocycles. The van der Waals surface area contributed by atoms with Crippen LogP contribution in [0.2, 0.25) is 0 Å². The highest BCUT2D eigenvalue weighted by Gasteiger charge is 2.41. The number of benzene rings is 1. The normalized spacial score (nSPS) is 22.1. The van der Waals surface area contributed by atoms with Gasteiger partial charge in [0.2, 0.25) is 0 Å². The van der Waals surface area contributed by atoms with E-state index in [4.69, 9.17) is 0 Å². The van der Waals surface area contributed by atoms with E-state index in [0.717, 1.165) is 17.4 Å². The molecule has 1 aromatic carbocycles. The van der Waals surface area contributed by atoms with E-state index in [1.165, 1.54) is 37.2 Å². The Morgan fingerprint density at radius 3 is 2.33 bits per heavy atom. The molecule has 1 aromatic rings. The Bertz CT molecular complexity index is 408. The molecule has 0 radical (unpaired) electrons. The third-order valence-corrected chi connectivity index (χ3v) is 3.92. The summed E-state index contributed by atoms with van der Waals surface area (Å²) in [6.07, 6.45) is 3.59. The van der Waals surface area contributed by atoms with Gasteiger partial charge in [0.1, 0.15) is 5.69 Å². The molecule has 80 valence electrons. The van der Waals surface area contributed by atoms with Crippen molar-refractivity contribution in [2.45, 2.75) is 19.3 Å². The van der Waals surface area contributed by atoms with E-state index in [0.29, 0.717) is 0 Å². The summed E-state index contributed by atoms with van der Waals surface area (Å²) in [6.45, 7) is 3.52. The maximum absolute atomic E-state index is 9.57. The van der Waals surface area contributed by atoms with E-state index in [9.17, 15) is 10.2 Å². The van der Waals surface area contributed by atoms with Crippen LogP contribution in [0.4, 0.5) is 5.69 Å². The van der Waals surface area contributed by atoms with Crippen LogP contribution in [-0.4, -0.2) is 29.8 Å². The van der Waals surface area contributed by atoms with Gasteiger partial charge in [0.05, 0.1) is 19.6 Å². The van der Waals surface area contributed by atoms with E-state index in [2.05, 4.69) is 0 Å². The molecule has 3 heteroatoms. The summed E-state index contributed by atoms with van der Waals surface area (Å²) in [5.74, 6) is 0.0491. The van der Waals surface area contributed by atoms with E-state index in [1.54, 1.807) is 12.1 Å². The predicted molar refractivity (Wildman–Crippen MR) is 59.1 cm³/mol. The lowest BCUT2D eigenvalue weighted by atomic mass is 10.1. The lowest BCUT2D eigenvalue weighted by Crippen LogP contribution is -2.44. The van der Waals surface area contributed by atoms with Crippen LogP contribution < -0.4 is 4.48 Å². The summed E-state index contributed by atoms with van der Waals surface area (Å²) in [4.78, 5) is 0. The zero-order valence-corrected chi connectivity index (χ0v) is 8.74. The lowest BCUT2D eigenvalue weighted by Gasteiger charge is -2.29. The highest BCUT2D eigenvalue weighted by atomic mass is 16.3. The predicted octanol–water partition coefficient (Wildman–Crippen LogP) is 1.75. The van der Waals surface area contributed by atoms with Crippen molar-refractivity contribution >= 4 is 5.69 Å². The summed E-state index contributed by atoms with van der Waals surface area (Å²) in [5.41, 5.74) is 2.45. The molecular formula is C12H16NO2+. The third kappa shape index (κ3) is 1.16. The topological polar surface area (TPSA) is 40.5 Å². The van der Waals surface area contributed by atoms with Crippen molar-refractivity contribution in [3.05, 3.63) is 17.7 Å². The minimum absolute atomic E-state index is 0.0213. The molecule has 2 heterocycles. The van der Waals surface area contributed by atoms with Crippen LogP contribution in [0.15, 0.2) is 12.1 Å². The molecule has 0 atom stereocenters. The summed E-state index contributed by atoms with van der Waals surface area (Å²) in [7, 11) is 0. The zero-order chi connectivity index (χ0) is 10.5. The summed E-state index contributed by atoms with van der Waals surface area (Å²) in [6, 6.07) is 3.50. The quantitative estimate of drug-likeness (QED) is 0.501. The Labute approximate surface area is 89.2 Å². The molecule has 0 saturated carbocycles. The summed E-state index contributed by atoms with van der Waals surface area (Å²) < 4.78 is 1.03. The number of aromatic hydroxyl groups is 2. The molecule has 1 spiro atoms. The average molecular weight is 206 g/mol. The minimum atomic E-state index is 0.0213. The lowest BCUT2D eigenvalue weighted by molar-refractivity contribution is 0.359. The number of phenolic OH excluding ortho intramolecular Hbond substituents is 2. The molecule has 0 unspecified atom stereocenters. The number of hydrogen-bond acceptors (Lipinski definition) is 2. The smallest absolute Gasteiger partial charge is 0.163 e. The Kier molecular flexibility index (Phi) is 1.74. The Hall–Kier alpha value is -1.22. The fourth-order valence-electron chi connectivity index (χ4n) is 3.11. The van der Waals surface area contributed by atoms with Crippen molar-refractivity contribution < 1.29 is 10.2 Å². The van der Waals surface area contributed by atoms with Crippen LogP contribution >= 0.6 is 0 Å². The van der Waals surface area contributed by atoms with Crippen molar-refractivity contribution in [1.82, 2.24) is 4.48 Å². The van der Waals surface area contributed by atoms with Gasteiger partial charge in [-0.25, -0.2) is 0 Å². The van der Waals surface area contributed by atoms with Gasteiger partial charge in [-0.05, 0) is 6.07 Å². The van der Waals surface area contributed by atoms with Crippen molar-refractivity contribution in [2.24, 2.45) is 0 Å². The van der Waals surface area contributed by atoms with Gasteiger partial charge in [0.25, 0.3) is 0 Å². The van der Waals surface area contributed by atoms with E-state index in [1.807, 2.05) is 0 Å².